The van der Waals surface area contributed by atoms with Crippen LogP contribution in [0.4, 0.5) is 5.82 Å². The molecule has 0 aromatic carbocycles. The Bertz CT molecular complexity index is 856. The molecule has 11 heteroatoms. The molecule has 2 aromatic heterocycles. The quantitative estimate of drug-likeness (QED) is 0.378. The molecule has 2 aliphatic rings. The molecule has 2 aliphatic carbocycles. The molecular weight excluding hydrogens is 370 g/mol. The first-order valence-electron chi connectivity index (χ1n) is 9.17. The number of aliphatic hydroxyl groups excluding tert-OH is 2. The highest BCUT2D eigenvalue weighted by molar-refractivity contribution is 7.99. The molecule has 2 saturated carbocycles. The number of carbonyl (C=O) groups excluding carboxylic acids is 1. The molecule has 4 atom stereocenters. The number of aliphatic hydroxyl groups is 2. The molecule has 4 rings (SSSR count). The van der Waals surface area contributed by atoms with Gasteiger partial charge >= 0.3 is 0 Å². The van der Waals surface area contributed by atoms with E-state index in [1.54, 1.807) is 11.8 Å². The van der Waals surface area contributed by atoms with Crippen LogP contribution in [0.5, 0.6) is 0 Å². The van der Waals surface area contributed by atoms with E-state index in [2.05, 4.69) is 32.5 Å². The number of nitrogens with two attached hydrogens (primary N) is 1. The third-order valence-corrected chi connectivity index (χ3v) is 6.04. The predicted octanol–water partition coefficient (Wildman–Crippen LogP) is 0.0658. The molecule has 0 spiro atoms. The van der Waals surface area contributed by atoms with E-state index >= 15 is 0 Å². The van der Waals surface area contributed by atoms with Crippen molar-refractivity contribution in [2.45, 2.75) is 62.1 Å². The first-order chi connectivity index (χ1) is 13.0. The van der Waals surface area contributed by atoms with E-state index in [1.165, 1.54) is 4.68 Å². The Balaban J connectivity index is 1.73. The molecule has 146 valence electrons. The van der Waals surface area contributed by atoms with Crippen LogP contribution < -0.4 is 11.1 Å². The fourth-order valence-electron chi connectivity index (χ4n) is 3.35. The standard InChI is InChI=1S/C16H23N7O3S/c1-2-5-27-16-19-14(18-7-3-4-7)10-15(20-16)23(22-21-10)9-6-8(13(17)26)11(24)12(9)25/h7-9,11-12,24-25H,2-6H2,1H3,(H2,17,26)(H,18,19,20)/t8-,9?,11?,12?/m0/s1. The fraction of sp³-hybridized carbons (Fsp3) is 0.688. The molecule has 2 fully saturated rings. The van der Waals surface area contributed by atoms with Crippen LogP contribution in [0.1, 0.15) is 38.6 Å². The lowest BCUT2D eigenvalue weighted by atomic mass is 10.1. The van der Waals surface area contributed by atoms with Crippen LogP contribution in [0, 0.1) is 5.92 Å². The highest BCUT2D eigenvalue weighted by atomic mass is 32.2. The molecular formula is C16H23N7O3S. The Morgan fingerprint density at radius 2 is 2.11 bits per heavy atom. The van der Waals surface area contributed by atoms with Gasteiger partial charge < -0.3 is 21.3 Å². The summed E-state index contributed by atoms with van der Waals surface area (Å²) in [5.41, 5.74) is 6.35. The number of anilines is 1. The van der Waals surface area contributed by atoms with Crippen molar-refractivity contribution >= 4 is 34.7 Å². The van der Waals surface area contributed by atoms with Crippen molar-refractivity contribution in [1.82, 2.24) is 25.0 Å². The molecule has 2 aromatic rings. The number of primary amides is 1. The maximum Gasteiger partial charge on any atom is 0.223 e. The number of nitrogens with one attached hydrogen (secondary N) is 1. The lowest BCUT2D eigenvalue weighted by Gasteiger charge is -2.16. The van der Waals surface area contributed by atoms with E-state index in [4.69, 9.17) is 5.73 Å². The van der Waals surface area contributed by atoms with Gasteiger partial charge in [0.05, 0.1) is 18.1 Å². The predicted molar refractivity (Wildman–Crippen MR) is 99.1 cm³/mol. The van der Waals surface area contributed by atoms with Gasteiger partial charge in [-0.3, -0.25) is 4.79 Å². The van der Waals surface area contributed by atoms with E-state index in [9.17, 15) is 15.0 Å². The Morgan fingerprint density at radius 1 is 1.33 bits per heavy atom. The lowest BCUT2D eigenvalue weighted by molar-refractivity contribution is -0.125. The Kier molecular flexibility index (Phi) is 4.91. The van der Waals surface area contributed by atoms with Crippen LogP contribution in [-0.2, 0) is 4.79 Å². The van der Waals surface area contributed by atoms with Crippen LogP contribution >= 0.6 is 11.8 Å². The van der Waals surface area contributed by atoms with Crippen molar-refractivity contribution in [3.8, 4) is 0 Å². The smallest absolute Gasteiger partial charge is 0.223 e. The monoisotopic (exact) mass is 393 g/mol. The number of hydrogen-bond acceptors (Lipinski definition) is 9. The summed E-state index contributed by atoms with van der Waals surface area (Å²) in [4.78, 5) is 20.7. The van der Waals surface area contributed by atoms with Gasteiger partial charge in [0, 0.05) is 11.8 Å². The fourth-order valence-corrected chi connectivity index (χ4v) is 4.04. The minimum absolute atomic E-state index is 0.183. The van der Waals surface area contributed by atoms with Gasteiger partial charge in [-0.2, -0.15) is 0 Å². The molecule has 2 heterocycles. The molecule has 0 bridgehead atoms. The molecule has 5 N–H and O–H groups in total. The highest BCUT2D eigenvalue weighted by Gasteiger charge is 2.46. The Morgan fingerprint density at radius 3 is 2.74 bits per heavy atom. The zero-order chi connectivity index (χ0) is 19.1. The van der Waals surface area contributed by atoms with Crippen molar-refractivity contribution in [3.05, 3.63) is 0 Å². The summed E-state index contributed by atoms with van der Waals surface area (Å²) >= 11 is 1.54. The number of fused-ring (bicyclic) bond motifs is 1. The topological polar surface area (TPSA) is 152 Å². The van der Waals surface area contributed by atoms with Crippen LogP contribution in [0.25, 0.3) is 11.2 Å². The van der Waals surface area contributed by atoms with Gasteiger partial charge in [0.1, 0.15) is 6.10 Å². The second kappa shape index (κ2) is 7.21. The van der Waals surface area contributed by atoms with E-state index in [1.807, 2.05) is 0 Å². The van der Waals surface area contributed by atoms with Gasteiger partial charge in [-0.05, 0) is 25.7 Å². The Labute approximate surface area is 159 Å². The molecule has 0 aliphatic heterocycles. The second-order valence-corrected chi connectivity index (χ2v) is 8.18. The number of aromatic nitrogens is 5. The summed E-state index contributed by atoms with van der Waals surface area (Å²) in [6.45, 7) is 2.08. The first kappa shape index (κ1) is 18.4. The van der Waals surface area contributed by atoms with Crippen molar-refractivity contribution in [3.63, 3.8) is 0 Å². The maximum absolute atomic E-state index is 11.6. The number of nitrogens with zero attached hydrogens (tertiary/aromatic N) is 5. The van der Waals surface area contributed by atoms with E-state index < -0.39 is 30.1 Å². The molecule has 1 amide bonds. The van der Waals surface area contributed by atoms with Gasteiger partial charge in [-0.25, -0.2) is 14.6 Å². The summed E-state index contributed by atoms with van der Waals surface area (Å²) in [6, 6.07) is -0.245. The van der Waals surface area contributed by atoms with Crippen molar-refractivity contribution in [2.24, 2.45) is 11.7 Å². The Hall–Kier alpha value is -1.98. The molecule has 3 unspecified atom stereocenters. The maximum atomic E-state index is 11.6. The second-order valence-electron chi connectivity index (χ2n) is 7.12. The van der Waals surface area contributed by atoms with Gasteiger partial charge in [0.25, 0.3) is 0 Å². The summed E-state index contributed by atoms with van der Waals surface area (Å²) in [5.74, 6) is 0.0408. The summed E-state index contributed by atoms with van der Waals surface area (Å²) in [7, 11) is 0. The summed E-state index contributed by atoms with van der Waals surface area (Å²) in [6.07, 6.45) is 0.946. The lowest BCUT2D eigenvalue weighted by Crippen LogP contribution is -2.35. The zero-order valence-corrected chi connectivity index (χ0v) is 15.8. The zero-order valence-electron chi connectivity index (χ0n) is 14.9. The van der Waals surface area contributed by atoms with E-state index in [-0.39, 0.29) is 6.42 Å². The number of thioether (sulfide) groups is 1. The molecule has 0 radical (unpaired) electrons. The van der Waals surface area contributed by atoms with Crippen molar-refractivity contribution in [1.29, 1.82) is 0 Å². The number of carbonyl (C=O) groups is 1. The number of hydrogen-bond donors (Lipinski definition) is 4. The van der Waals surface area contributed by atoms with E-state index in [0.29, 0.717) is 28.2 Å². The number of amides is 1. The summed E-state index contributed by atoms with van der Waals surface area (Å²) < 4.78 is 1.49. The number of rotatable bonds is 7. The third kappa shape index (κ3) is 3.46. The minimum atomic E-state index is -1.23. The first-order valence-corrected chi connectivity index (χ1v) is 10.2. The average molecular weight is 393 g/mol. The minimum Gasteiger partial charge on any atom is -0.390 e. The van der Waals surface area contributed by atoms with Crippen LogP contribution in [-0.4, -0.2) is 65.1 Å². The largest absolute Gasteiger partial charge is 0.390 e. The van der Waals surface area contributed by atoms with Crippen molar-refractivity contribution in [2.75, 3.05) is 11.1 Å². The van der Waals surface area contributed by atoms with Gasteiger partial charge in [0.15, 0.2) is 22.1 Å². The highest BCUT2D eigenvalue weighted by Crippen LogP contribution is 2.37. The average Bonchev–Trinajstić information content (AvgIpc) is 3.28. The SMILES string of the molecule is CCCSc1nc(NC2CC2)c2nnn(C3C[C@H](C(N)=O)C(O)C3O)c2n1. The van der Waals surface area contributed by atoms with Crippen molar-refractivity contribution < 1.29 is 15.0 Å². The summed E-state index contributed by atoms with van der Waals surface area (Å²) in [5, 5.41) is 32.9. The third-order valence-electron chi connectivity index (χ3n) is 4.99. The molecule has 10 nitrogen and oxygen atoms in total. The van der Waals surface area contributed by atoms with Crippen LogP contribution in [0.2, 0.25) is 0 Å². The normalized spacial score (nSPS) is 28.0. The molecule has 0 saturated heterocycles. The van der Waals surface area contributed by atoms with Crippen LogP contribution in [0.15, 0.2) is 5.16 Å². The van der Waals surface area contributed by atoms with Gasteiger partial charge in [0.2, 0.25) is 5.91 Å². The van der Waals surface area contributed by atoms with Gasteiger partial charge in [-0.1, -0.05) is 23.9 Å². The van der Waals surface area contributed by atoms with Crippen LogP contribution in [0.3, 0.4) is 0 Å². The van der Waals surface area contributed by atoms with E-state index in [0.717, 1.165) is 25.0 Å². The molecule has 27 heavy (non-hydrogen) atoms. The van der Waals surface area contributed by atoms with Gasteiger partial charge in [-0.15, -0.1) is 5.10 Å².